The Labute approximate surface area is 292 Å². The second-order valence-electron chi connectivity index (χ2n) is 14.1. The minimum absolute atomic E-state index is 0.0951. The molecule has 0 bridgehead atoms. The van der Waals surface area contributed by atoms with E-state index < -0.39 is 20.0 Å². The van der Waals surface area contributed by atoms with Gasteiger partial charge in [0.05, 0.1) is 36.6 Å². The van der Waals surface area contributed by atoms with Crippen LogP contribution in [0.3, 0.4) is 0 Å². The molecule has 1 aromatic heterocycles. The summed E-state index contributed by atoms with van der Waals surface area (Å²) in [5, 5.41) is 19.4. The molecule has 10 nitrogen and oxygen atoms in total. The van der Waals surface area contributed by atoms with E-state index in [9.17, 15) is 19.5 Å². The van der Waals surface area contributed by atoms with Crippen molar-refractivity contribution in [2.24, 2.45) is 5.92 Å². The Morgan fingerprint density at radius 1 is 1.08 bits per heavy atom. The van der Waals surface area contributed by atoms with Crippen molar-refractivity contribution in [1.82, 2.24) is 15.0 Å². The molecule has 0 aliphatic carbocycles. The predicted molar refractivity (Wildman–Crippen MR) is 190 cm³/mol. The third-order valence-electron chi connectivity index (χ3n) is 10.5. The highest BCUT2D eigenvalue weighted by molar-refractivity contribution is 6.71. The van der Waals surface area contributed by atoms with Gasteiger partial charge in [-0.2, -0.15) is 0 Å². The van der Waals surface area contributed by atoms with Gasteiger partial charge in [0.2, 0.25) is 5.91 Å². The zero-order valence-corrected chi connectivity index (χ0v) is 29.8. The molecule has 3 aliphatic heterocycles. The Morgan fingerprint density at radius 3 is 2.59 bits per heavy atom. The van der Waals surface area contributed by atoms with Crippen molar-refractivity contribution < 1.29 is 24.2 Å². The van der Waals surface area contributed by atoms with Gasteiger partial charge in [0, 0.05) is 53.4 Å². The molecule has 12 heteroatoms. The van der Waals surface area contributed by atoms with Crippen molar-refractivity contribution in [2.75, 3.05) is 23.0 Å². The first-order chi connectivity index (χ1) is 23.5. The molecule has 4 aromatic rings. The number of halogens is 1. The monoisotopic (exact) mass is 699 g/mol. The maximum Gasteiger partial charge on any atom is 0.264 e. The molecule has 0 saturated carbocycles. The number of aliphatic hydroxyl groups is 1. The zero-order chi connectivity index (χ0) is 34.5. The fourth-order valence-corrected chi connectivity index (χ4v) is 11.1. The SMILES string of the molecule is C[C@H]1[C@H]([Si](C)(C)O)[C@@H](CCn2cc(C(CO)c3ccccc3)nn2)O[C@]12C(=O)N(Cc1cccc(N3CCCC3=O)c1)c1ccc(Cl)cc12. The number of aromatic nitrogens is 3. The maximum atomic E-state index is 14.8. The number of carbonyl (C=O) groups excluding carboxylic acids is 2. The molecule has 5 atom stereocenters. The fourth-order valence-electron chi connectivity index (χ4n) is 8.30. The number of hydrogen-bond donors (Lipinski definition) is 2. The van der Waals surface area contributed by atoms with Gasteiger partial charge in [0.25, 0.3) is 5.91 Å². The molecule has 256 valence electrons. The molecule has 49 heavy (non-hydrogen) atoms. The molecule has 4 heterocycles. The van der Waals surface area contributed by atoms with Crippen molar-refractivity contribution in [3.05, 3.63) is 106 Å². The first-order valence-corrected chi connectivity index (χ1v) is 20.4. The van der Waals surface area contributed by atoms with Crippen LogP contribution in [0, 0.1) is 5.92 Å². The van der Waals surface area contributed by atoms with E-state index in [0.717, 1.165) is 28.9 Å². The van der Waals surface area contributed by atoms with E-state index in [2.05, 4.69) is 10.3 Å². The molecule has 7 rings (SSSR count). The van der Waals surface area contributed by atoms with E-state index in [1.165, 1.54) is 0 Å². The highest BCUT2D eigenvalue weighted by atomic mass is 35.5. The summed E-state index contributed by atoms with van der Waals surface area (Å²) in [5.41, 5.74) is 3.22. The average Bonchev–Trinajstić information content (AvgIpc) is 3.84. The number of anilines is 2. The van der Waals surface area contributed by atoms with Gasteiger partial charge in [-0.3, -0.25) is 14.3 Å². The number of aliphatic hydroxyl groups excluding tert-OH is 1. The Kier molecular flexibility index (Phi) is 8.99. The molecular weight excluding hydrogens is 658 g/mol. The smallest absolute Gasteiger partial charge is 0.264 e. The summed E-state index contributed by atoms with van der Waals surface area (Å²) in [7, 11) is -2.88. The number of fused-ring (bicyclic) bond motifs is 2. The first-order valence-electron chi connectivity index (χ1n) is 17.0. The lowest BCUT2D eigenvalue weighted by molar-refractivity contribution is -0.146. The molecular formula is C37H42ClN5O5Si. The topological polar surface area (TPSA) is 121 Å². The lowest BCUT2D eigenvalue weighted by Gasteiger charge is -2.32. The van der Waals surface area contributed by atoms with Crippen LogP contribution < -0.4 is 9.80 Å². The van der Waals surface area contributed by atoms with Crippen LogP contribution in [-0.4, -0.2) is 64.3 Å². The Hall–Kier alpha value is -3.87. The predicted octanol–water partition coefficient (Wildman–Crippen LogP) is 5.62. The van der Waals surface area contributed by atoms with Gasteiger partial charge in [-0.1, -0.05) is 66.2 Å². The summed E-state index contributed by atoms with van der Waals surface area (Å²) >= 11 is 6.58. The van der Waals surface area contributed by atoms with Crippen LogP contribution in [0.4, 0.5) is 11.4 Å². The number of benzene rings is 3. The van der Waals surface area contributed by atoms with Gasteiger partial charge in [-0.05, 0) is 67.4 Å². The minimum atomic E-state index is -2.88. The maximum absolute atomic E-state index is 14.8. The van der Waals surface area contributed by atoms with Gasteiger partial charge in [0.15, 0.2) is 13.9 Å². The van der Waals surface area contributed by atoms with Crippen LogP contribution in [-0.2, 0) is 33.0 Å². The van der Waals surface area contributed by atoms with Crippen LogP contribution in [0.25, 0.3) is 0 Å². The summed E-state index contributed by atoms with van der Waals surface area (Å²) in [5.74, 6) is -0.698. The first kappa shape index (κ1) is 33.6. The van der Waals surface area contributed by atoms with Gasteiger partial charge in [-0.25, -0.2) is 0 Å². The molecule has 3 aromatic carbocycles. The van der Waals surface area contributed by atoms with Crippen molar-refractivity contribution in [3.8, 4) is 0 Å². The van der Waals surface area contributed by atoms with Crippen molar-refractivity contribution >= 4 is 43.1 Å². The van der Waals surface area contributed by atoms with Crippen LogP contribution in [0.1, 0.15) is 54.5 Å². The molecule has 2 amide bonds. The second kappa shape index (κ2) is 13.1. The molecule has 2 saturated heterocycles. The van der Waals surface area contributed by atoms with Crippen LogP contribution in [0.15, 0.2) is 79.0 Å². The number of amides is 2. The summed E-state index contributed by atoms with van der Waals surface area (Å²) in [6.07, 6.45) is 3.29. The van der Waals surface area contributed by atoms with Gasteiger partial charge >= 0.3 is 0 Å². The van der Waals surface area contributed by atoms with Gasteiger partial charge in [-0.15, -0.1) is 5.10 Å². The summed E-state index contributed by atoms with van der Waals surface area (Å²) in [6.45, 7) is 7.18. The quantitative estimate of drug-likeness (QED) is 0.206. The largest absolute Gasteiger partial charge is 0.432 e. The molecule has 3 aliphatic rings. The molecule has 1 unspecified atom stereocenters. The Balaban J connectivity index is 1.17. The van der Waals surface area contributed by atoms with E-state index in [0.29, 0.717) is 48.8 Å². The van der Waals surface area contributed by atoms with Crippen LogP contribution in [0.5, 0.6) is 0 Å². The van der Waals surface area contributed by atoms with E-state index in [1.54, 1.807) is 20.5 Å². The highest BCUT2D eigenvalue weighted by Crippen LogP contribution is 2.60. The Bertz CT molecular complexity index is 1870. The Morgan fingerprint density at radius 2 is 1.88 bits per heavy atom. The number of rotatable bonds is 10. The number of ether oxygens (including phenoxy) is 1. The van der Waals surface area contributed by atoms with Crippen LogP contribution >= 0.6 is 11.6 Å². The normalized spacial score (nSPS) is 24.3. The molecule has 2 N–H and O–H groups in total. The summed E-state index contributed by atoms with van der Waals surface area (Å²) in [4.78, 5) is 42.6. The van der Waals surface area contributed by atoms with Crippen molar-refractivity contribution in [1.29, 1.82) is 0 Å². The lowest BCUT2D eigenvalue weighted by Crippen LogP contribution is -2.46. The molecule has 2 fully saturated rings. The summed E-state index contributed by atoms with van der Waals surface area (Å²) < 4.78 is 8.72. The highest BCUT2D eigenvalue weighted by Gasteiger charge is 2.66. The number of hydrogen-bond acceptors (Lipinski definition) is 7. The van der Waals surface area contributed by atoms with E-state index in [4.69, 9.17) is 16.3 Å². The minimum Gasteiger partial charge on any atom is -0.432 e. The second-order valence-corrected chi connectivity index (χ2v) is 18.5. The fraction of sp³-hybridized carbons (Fsp3) is 0.405. The van der Waals surface area contributed by atoms with Crippen molar-refractivity contribution in [3.63, 3.8) is 0 Å². The summed E-state index contributed by atoms with van der Waals surface area (Å²) in [6, 6.07) is 23.0. The van der Waals surface area contributed by atoms with E-state index in [-0.39, 0.29) is 35.8 Å². The van der Waals surface area contributed by atoms with Crippen molar-refractivity contribution in [2.45, 2.75) is 75.5 Å². The zero-order valence-electron chi connectivity index (χ0n) is 28.0. The third kappa shape index (κ3) is 6.01. The van der Waals surface area contributed by atoms with E-state index >= 15 is 0 Å². The van der Waals surface area contributed by atoms with Gasteiger partial charge in [0.1, 0.15) is 0 Å². The van der Waals surface area contributed by atoms with Crippen LogP contribution in [0.2, 0.25) is 23.7 Å². The number of nitrogens with zero attached hydrogens (tertiary/aromatic N) is 5. The average molecular weight is 700 g/mol. The molecule has 1 spiro atoms. The number of aryl methyl sites for hydroxylation is 1. The standard InChI is InChI=1S/C37H42ClN5O5Si/c1-24-35(49(2,3)47)33(16-18-41-22-31(39-40-41)29(23-44)26-10-5-4-6-11-26)48-37(24)30-20-27(38)14-15-32(30)43(36(37)46)21-25-9-7-12-28(19-25)42-17-8-13-34(42)45/h4-7,9-12,14-15,19-20,22,24,29,33,35,44,47H,8,13,16-18,21,23H2,1-3H3/t24-,29?,33+,35-,37+/m0/s1. The third-order valence-corrected chi connectivity index (χ3v) is 13.3. The van der Waals surface area contributed by atoms with Gasteiger partial charge < -0.3 is 24.4 Å². The number of carbonyl (C=O) groups is 2. The van der Waals surface area contributed by atoms with E-state index in [1.807, 2.05) is 92.9 Å². The molecule has 0 radical (unpaired) electrons. The lowest BCUT2D eigenvalue weighted by atomic mass is 9.82.